The van der Waals surface area contributed by atoms with Gasteiger partial charge < -0.3 is 9.84 Å². The standard InChI is InChI=1S/C18H32O4/c1-3-5-7-8-9-10-11-13-14-16(18(20)21)22-17(19)15-12-6-4-2/h14H,3-13,15H2,1-2H3,(H,20,21)/b16-14-. The van der Waals surface area contributed by atoms with Crippen LogP contribution in [0.5, 0.6) is 0 Å². The molecule has 0 rings (SSSR count). The summed E-state index contributed by atoms with van der Waals surface area (Å²) < 4.78 is 4.94. The molecule has 0 spiro atoms. The predicted octanol–water partition coefficient (Wildman–Crippen LogP) is 5.22. The van der Waals surface area contributed by atoms with Gasteiger partial charge >= 0.3 is 11.9 Å². The molecule has 4 nitrogen and oxygen atoms in total. The van der Waals surface area contributed by atoms with Crippen molar-refractivity contribution in [1.82, 2.24) is 0 Å². The van der Waals surface area contributed by atoms with Gasteiger partial charge in [-0.15, -0.1) is 0 Å². The van der Waals surface area contributed by atoms with E-state index in [-0.39, 0.29) is 12.2 Å². The molecule has 0 bridgehead atoms. The summed E-state index contributed by atoms with van der Waals surface area (Å²) in [5.74, 6) is -1.82. The average Bonchev–Trinajstić information content (AvgIpc) is 2.48. The number of carboxylic acids is 1. The molecule has 0 saturated heterocycles. The number of esters is 1. The Hall–Kier alpha value is -1.32. The molecule has 1 N–H and O–H groups in total. The van der Waals surface area contributed by atoms with Crippen LogP contribution in [0.2, 0.25) is 0 Å². The Bertz CT molecular complexity index is 334. The highest BCUT2D eigenvalue weighted by Gasteiger charge is 2.13. The second kappa shape index (κ2) is 14.6. The van der Waals surface area contributed by atoms with Crippen LogP contribution in [0.25, 0.3) is 0 Å². The van der Waals surface area contributed by atoms with Crippen LogP contribution in [-0.4, -0.2) is 17.0 Å². The van der Waals surface area contributed by atoms with Crippen LogP contribution in [0.15, 0.2) is 11.8 Å². The summed E-state index contributed by atoms with van der Waals surface area (Å²) in [6.07, 6.45) is 13.5. The lowest BCUT2D eigenvalue weighted by Gasteiger charge is -2.05. The number of unbranched alkanes of at least 4 members (excludes halogenated alkanes) is 9. The molecular weight excluding hydrogens is 280 g/mol. The van der Waals surface area contributed by atoms with Crippen molar-refractivity contribution in [3.05, 3.63) is 11.8 Å². The van der Waals surface area contributed by atoms with Crippen LogP contribution >= 0.6 is 0 Å². The number of aliphatic carboxylic acids is 1. The first kappa shape index (κ1) is 20.7. The van der Waals surface area contributed by atoms with E-state index in [1.807, 2.05) is 0 Å². The van der Waals surface area contributed by atoms with Crippen LogP contribution < -0.4 is 0 Å². The van der Waals surface area contributed by atoms with Crippen molar-refractivity contribution in [2.24, 2.45) is 0 Å². The lowest BCUT2D eigenvalue weighted by molar-refractivity contribution is -0.148. The van der Waals surface area contributed by atoms with Crippen LogP contribution in [0.4, 0.5) is 0 Å². The third-order valence-corrected chi connectivity index (χ3v) is 3.56. The molecule has 0 aliphatic rings. The van der Waals surface area contributed by atoms with Gasteiger partial charge in [-0.3, -0.25) is 4.79 Å². The number of carbonyl (C=O) groups excluding carboxylic acids is 1. The van der Waals surface area contributed by atoms with Gasteiger partial charge in [-0.05, 0) is 25.3 Å². The maximum absolute atomic E-state index is 11.5. The number of hydrogen-bond donors (Lipinski definition) is 1. The van der Waals surface area contributed by atoms with Gasteiger partial charge in [-0.1, -0.05) is 65.2 Å². The summed E-state index contributed by atoms with van der Waals surface area (Å²) in [7, 11) is 0. The number of carboxylic acid groups (broad SMARTS) is 1. The fourth-order valence-electron chi connectivity index (χ4n) is 2.20. The summed E-state index contributed by atoms with van der Waals surface area (Å²) in [6, 6.07) is 0. The van der Waals surface area contributed by atoms with Gasteiger partial charge in [0.15, 0.2) is 0 Å². The number of hydrogen-bond acceptors (Lipinski definition) is 3. The molecule has 0 amide bonds. The SMILES string of the molecule is CCCCCCCCC/C=C(\OC(=O)CCCCC)C(=O)O. The molecule has 0 saturated carbocycles. The fraction of sp³-hybridized carbons (Fsp3) is 0.778. The van der Waals surface area contributed by atoms with Crippen molar-refractivity contribution >= 4 is 11.9 Å². The van der Waals surface area contributed by atoms with Crippen molar-refractivity contribution in [1.29, 1.82) is 0 Å². The molecule has 4 heteroatoms. The van der Waals surface area contributed by atoms with Gasteiger partial charge in [0.1, 0.15) is 0 Å². The highest BCUT2D eigenvalue weighted by atomic mass is 16.6. The largest absolute Gasteiger partial charge is 0.475 e. The summed E-state index contributed by atoms with van der Waals surface area (Å²) in [6.45, 7) is 4.25. The zero-order valence-corrected chi connectivity index (χ0v) is 14.2. The molecule has 0 aromatic carbocycles. The third kappa shape index (κ3) is 12.4. The Morgan fingerprint density at radius 2 is 1.41 bits per heavy atom. The van der Waals surface area contributed by atoms with E-state index in [1.165, 1.54) is 38.2 Å². The zero-order valence-electron chi connectivity index (χ0n) is 14.2. The summed E-state index contributed by atoms with van der Waals surface area (Å²) in [5, 5.41) is 9.05. The first-order valence-electron chi connectivity index (χ1n) is 8.75. The van der Waals surface area contributed by atoms with Crippen LogP contribution in [0.1, 0.15) is 90.9 Å². The maximum Gasteiger partial charge on any atom is 0.371 e. The van der Waals surface area contributed by atoms with Crippen LogP contribution in [0.3, 0.4) is 0 Å². The van der Waals surface area contributed by atoms with Gasteiger partial charge in [0.25, 0.3) is 0 Å². The van der Waals surface area contributed by atoms with E-state index < -0.39 is 11.9 Å². The number of rotatable bonds is 14. The minimum atomic E-state index is -1.16. The monoisotopic (exact) mass is 312 g/mol. The Morgan fingerprint density at radius 3 is 2.00 bits per heavy atom. The van der Waals surface area contributed by atoms with Crippen molar-refractivity contribution in [3.63, 3.8) is 0 Å². The molecule has 0 unspecified atom stereocenters. The van der Waals surface area contributed by atoms with Gasteiger partial charge in [0.2, 0.25) is 5.76 Å². The normalized spacial score (nSPS) is 11.5. The summed E-state index contributed by atoms with van der Waals surface area (Å²) in [5.41, 5.74) is 0. The van der Waals surface area contributed by atoms with Crippen molar-refractivity contribution in [2.45, 2.75) is 90.9 Å². The third-order valence-electron chi connectivity index (χ3n) is 3.56. The van der Waals surface area contributed by atoms with Gasteiger partial charge in [-0.2, -0.15) is 0 Å². The second-order valence-corrected chi connectivity index (χ2v) is 5.71. The Labute approximate surface area is 134 Å². The molecule has 22 heavy (non-hydrogen) atoms. The predicted molar refractivity (Wildman–Crippen MR) is 88.6 cm³/mol. The molecule has 0 aromatic heterocycles. The summed E-state index contributed by atoms with van der Waals surface area (Å²) >= 11 is 0. The molecule has 0 heterocycles. The molecule has 0 aliphatic carbocycles. The molecule has 128 valence electrons. The van der Waals surface area contributed by atoms with Crippen LogP contribution in [-0.2, 0) is 14.3 Å². The maximum atomic E-state index is 11.5. The molecule has 0 aliphatic heterocycles. The first-order chi connectivity index (χ1) is 10.6. The Morgan fingerprint density at radius 1 is 0.864 bits per heavy atom. The smallest absolute Gasteiger partial charge is 0.371 e. The summed E-state index contributed by atoms with van der Waals surface area (Å²) in [4.78, 5) is 22.6. The van der Waals surface area contributed by atoms with E-state index in [0.717, 1.165) is 32.1 Å². The topological polar surface area (TPSA) is 63.6 Å². The number of carbonyl (C=O) groups is 2. The second-order valence-electron chi connectivity index (χ2n) is 5.71. The lowest BCUT2D eigenvalue weighted by Crippen LogP contribution is -2.11. The van der Waals surface area contributed by atoms with E-state index in [1.54, 1.807) is 0 Å². The molecule has 0 aromatic rings. The fourth-order valence-corrected chi connectivity index (χ4v) is 2.20. The van der Waals surface area contributed by atoms with Crippen LogP contribution in [0, 0.1) is 0 Å². The minimum absolute atomic E-state index is 0.215. The highest BCUT2D eigenvalue weighted by molar-refractivity contribution is 5.87. The molecule has 0 atom stereocenters. The van der Waals surface area contributed by atoms with E-state index >= 15 is 0 Å². The molecule has 0 radical (unpaired) electrons. The molecule has 0 fully saturated rings. The van der Waals surface area contributed by atoms with Crippen molar-refractivity contribution in [2.75, 3.05) is 0 Å². The van der Waals surface area contributed by atoms with E-state index in [4.69, 9.17) is 9.84 Å². The van der Waals surface area contributed by atoms with E-state index in [2.05, 4.69) is 13.8 Å². The number of ether oxygens (including phenoxy) is 1. The van der Waals surface area contributed by atoms with E-state index in [9.17, 15) is 9.59 Å². The Kier molecular flexibility index (Phi) is 13.7. The average molecular weight is 312 g/mol. The van der Waals surface area contributed by atoms with Crippen molar-refractivity contribution < 1.29 is 19.4 Å². The lowest BCUT2D eigenvalue weighted by atomic mass is 10.1. The van der Waals surface area contributed by atoms with Gasteiger partial charge in [0, 0.05) is 6.42 Å². The van der Waals surface area contributed by atoms with Gasteiger partial charge in [-0.25, -0.2) is 4.79 Å². The number of allylic oxidation sites excluding steroid dienone is 1. The minimum Gasteiger partial charge on any atom is -0.475 e. The highest BCUT2D eigenvalue weighted by Crippen LogP contribution is 2.11. The van der Waals surface area contributed by atoms with E-state index in [0.29, 0.717) is 6.42 Å². The van der Waals surface area contributed by atoms with Crippen molar-refractivity contribution in [3.8, 4) is 0 Å². The van der Waals surface area contributed by atoms with Gasteiger partial charge in [0.05, 0.1) is 0 Å². The first-order valence-corrected chi connectivity index (χ1v) is 8.75. The Balaban J connectivity index is 3.91. The quantitative estimate of drug-likeness (QED) is 0.207. The molecular formula is C18H32O4. The zero-order chi connectivity index (χ0) is 16.6.